The van der Waals surface area contributed by atoms with Gasteiger partial charge in [-0.25, -0.2) is 0 Å². The number of rotatable bonds is 10. The summed E-state index contributed by atoms with van der Waals surface area (Å²) in [5.74, 6) is -0.270. The highest BCUT2D eigenvalue weighted by Crippen LogP contribution is 2.42. The van der Waals surface area contributed by atoms with Crippen molar-refractivity contribution in [2.75, 3.05) is 33.8 Å². The van der Waals surface area contributed by atoms with Crippen molar-refractivity contribution in [3.05, 3.63) is 65.2 Å². The number of aliphatic hydroxyl groups is 1. The second kappa shape index (κ2) is 11.2. The molecule has 0 saturated carbocycles. The third-order valence-electron chi connectivity index (χ3n) is 5.56. The molecule has 2 aromatic rings. The van der Waals surface area contributed by atoms with Crippen molar-refractivity contribution < 1.29 is 24.2 Å². The van der Waals surface area contributed by atoms with E-state index in [-0.39, 0.29) is 17.4 Å². The molecule has 1 atom stereocenters. The van der Waals surface area contributed by atoms with Crippen LogP contribution in [-0.4, -0.2) is 66.5 Å². The number of hydrogen-bond donors (Lipinski definition) is 1. The van der Waals surface area contributed by atoms with E-state index in [1.165, 1.54) is 0 Å². The first-order valence-electron chi connectivity index (χ1n) is 11.7. The highest BCUT2D eigenvalue weighted by Gasteiger charge is 2.46. The predicted octanol–water partition coefficient (Wildman–Crippen LogP) is 4.25. The average Bonchev–Trinajstić information content (AvgIpc) is 3.04. The van der Waals surface area contributed by atoms with Gasteiger partial charge in [0.15, 0.2) is 0 Å². The van der Waals surface area contributed by atoms with Crippen molar-refractivity contribution in [3.63, 3.8) is 0 Å². The Kier molecular flexibility index (Phi) is 8.34. The number of carbonyl (C=O) groups is 2. The van der Waals surface area contributed by atoms with E-state index in [0.29, 0.717) is 42.2 Å². The van der Waals surface area contributed by atoms with E-state index in [4.69, 9.17) is 9.47 Å². The molecule has 7 heteroatoms. The van der Waals surface area contributed by atoms with Crippen molar-refractivity contribution >= 4 is 17.4 Å². The fraction of sp³-hybridized carbons (Fsp3) is 0.407. The lowest BCUT2D eigenvalue weighted by atomic mass is 9.94. The van der Waals surface area contributed by atoms with E-state index in [9.17, 15) is 14.7 Å². The van der Waals surface area contributed by atoms with Gasteiger partial charge < -0.3 is 24.4 Å². The fourth-order valence-electron chi connectivity index (χ4n) is 4.10. The molecule has 1 N–H and O–H groups in total. The maximum atomic E-state index is 13.2. The quantitative estimate of drug-likeness (QED) is 0.320. The number of likely N-dealkylation sites (tertiary alicyclic amines) is 1. The van der Waals surface area contributed by atoms with Gasteiger partial charge in [0.05, 0.1) is 24.3 Å². The van der Waals surface area contributed by atoms with Gasteiger partial charge in [0.25, 0.3) is 11.7 Å². The maximum absolute atomic E-state index is 13.2. The average molecular weight is 467 g/mol. The van der Waals surface area contributed by atoms with Crippen LogP contribution in [0.5, 0.6) is 11.5 Å². The van der Waals surface area contributed by atoms with E-state index in [0.717, 1.165) is 6.54 Å². The number of benzene rings is 2. The predicted molar refractivity (Wildman–Crippen MR) is 132 cm³/mol. The molecular weight excluding hydrogens is 432 g/mol. The van der Waals surface area contributed by atoms with Gasteiger partial charge in [-0.3, -0.25) is 9.59 Å². The number of ketones is 1. The molecule has 1 amide bonds. The van der Waals surface area contributed by atoms with Crippen molar-refractivity contribution in [2.45, 2.75) is 39.3 Å². The minimum atomic E-state index is -0.739. The van der Waals surface area contributed by atoms with Crippen molar-refractivity contribution in [2.24, 2.45) is 0 Å². The Balaban J connectivity index is 2.09. The number of amides is 1. The summed E-state index contributed by atoms with van der Waals surface area (Å²) < 4.78 is 11.5. The summed E-state index contributed by atoms with van der Waals surface area (Å²) in [6, 6.07) is 13.5. The molecule has 1 aliphatic heterocycles. The number of nitrogens with zero attached hydrogens (tertiary/aromatic N) is 2. The van der Waals surface area contributed by atoms with Crippen LogP contribution in [0.3, 0.4) is 0 Å². The van der Waals surface area contributed by atoms with Crippen LogP contribution in [0.2, 0.25) is 0 Å². The van der Waals surface area contributed by atoms with Gasteiger partial charge >= 0.3 is 0 Å². The molecule has 0 radical (unpaired) electrons. The number of para-hydroxylation sites is 1. The topological polar surface area (TPSA) is 79.3 Å². The fourth-order valence-corrected chi connectivity index (χ4v) is 4.10. The zero-order chi connectivity index (χ0) is 24.8. The van der Waals surface area contributed by atoms with Gasteiger partial charge in [-0.15, -0.1) is 0 Å². The molecule has 7 nitrogen and oxygen atoms in total. The van der Waals surface area contributed by atoms with Crippen LogP contribution in [0.15, 0.2) is 54.1 Å². The lowest BCUT2D eigenvalue weighted by molar-refractivity contribution is -0.140. The number of ether oxygens (including phenoxy) is 2. The van der Waals surface area contributed by atoms with Gasteiger partial charge in [-0.05, 0) is 78.2 Å². The summed E-state index contributed by atoms with van der Waals surface area (Å²) in [7, 11) is 3.92. The summed E-state index contributed by atoms with van der Waals surface area (Å²) in [6.07, 6.45) is 0.705. The first kappa shape index (κ1) is 25.3. The molecule has 0 bridgehead atoms. The smallest absolute Gasteiger partial charge is 0.295 e. The Morgan fingerprint density at radius 1 is 1.09 bits per heavy atom. The van der Waals surface area contributed by atoms with Crippen LogP contribution in [0.4, 0.5) is 0 Å². The van der Waals surface area contributed by atoms with Crippen LogP contribution in [-0.2, 0) is 9.59 Å². The van der Waals surface area contributed by atoms with Gasteiger partial charge in [-0.1, -0.05) is 18.2 Å². The van der Waals surface area contributed by atoms with E-state index in [2.05, 4.69) is 0 Å². The molecule has 1 saturated heterocycles. The Labute approximate surface area is 201 Å². The van der Waals surface area contributed by atoms with Crippen molar-refractivity contribution in [1.29, 1.82) is 0 Å². The lowest BCUT2D eigenvalue weighted by Gasteiger charge is -2.27. The van der Waals surface area contributed by atoms with E-state index in [1.807, 2.05) is 64.0 Å². The molecule has 0 spiro atoms. The summed E-state index contributed by atoms with van der Waals surface area (Å²) in [5.41, 5.74) is 1.19. The molecule has 0 unspecified atom stereocenters. The molecule has 1 heterocycles. The molecule has 1 aliphatic rings. The van der Waals surface area contributed by atoms with Gasteiger partial charge in [-0.2, -0.15) is 0 Å². The Morgan fingerprint density at radius 3 is 2.38 bits per heavy atom. The largest absolute Gasteiger partial charge is 0.507 e. The third kappa shape index (κ3) is 5.59. The molecular formula is C27H34N2O5. The SMILES string of the molecule is CCOc1ccccc1[C@@H]1/C(=C(\O)c2ccc(OC(C)C)cc2)C(=O)C(=O)N1CCCN(C)C. The highest BCUT2D eigenvalue weighted by molar-refractivity contribution is 6.46. The highest BCUT2D eigenvalue weighted by atomic mass is 16.5. The first-order chi connectivity index (χ1) is 16.2. The molecule has 0 aliphatic carbocycles. The first-order valence-corrected chi connectivity index (χ1v) is 11.7. The Morgan fingerprint density at radius 2 is 1.76 bits per heavy atom. The Hall–Kier alpha value is -3.32. The minimum Gasteiger partial charge on any atom is -0.507 e. The van der Waals surface area contributed by atoms with E-state index in [1.54, 1.807) is 29.2 Å². The zero-order valence-electron chi connectivity index (χ0n) is 20.6. The van der Waals surface area contributed by atoms with Crippen LogP contribution in [0.1, 0.15) is 44.4 Å². The van der Waals surface area contributed by atoms with Gasteiger partial charge in [0, 0.05) is 17.7 Å². The number of Topliss-reactive ketones (excluding diaryl/α,β-unsaturated/α-hetero) is 1. The van der Waals surface area contributed by atoms with Crippen LogP contribution in [0.25, 0.3) is 5.76 Å². The number of carbonyl (C=O) groups excluding carboxylic acids is 2. The summed E-state index contributed by atoms with van der Waals surface area (Å²) >= 11 is 0. The summed E-state index contributed by atoms with van der Waals surface area (Å²) in [6.45, 7) is 7.33. The Bertz CT molecular complexity index is 1040. The zero-order valence-corrected chi connectivity index (χ0v) is 20.6. The van der Waals surface area contributed by atoms with Crippen molar-refractivity contribution in [1.82, 2.24) is 9.80 Å². The van der Waals surface area contributed by atoms with Crippen LogP contribution in [0, 0.1) is 0 Å². The molecule has 3 rings (SSSR count). The molecule has 34 heavy (non-hydrogen) atoms. The molecule has 2 aromatic carbocycles. The number of aliphatic hydroxyl groups excluding tert-OH is 1. The normalized spacial score (nSPS) is 17.6. The molecule has 182 valence electrons. The third-order valence-corrected chi connectivity index (χ3v) is 5.56. The summed E-state index contributed by atoms with van der Waals surface area (Å²) in [4.78, 5) is 29.9. The summed E-state index contributed by atoms with van der Waals surface area (Å²) in [5, 5.41) is 11.3. The second-order valence-corrected chi connectivity index (χ2v) is 8.81. The standard InChI is InChI=1S/C27H34N2O5/c1-6-33-22-11-8-7-10-21(22)24-23(26(31)27(32)29(24)17-9-16-28(4)5)25(30)19-12-14-20(15-13-19)34-18(2)3/h7-8,10-15,18,24,30H,6,9,16-17H2,1-5H3/b25-23+/t24-/m1/s1. The van der Waals surface area contributed by atoms with Gasteiger partial charge in [0.1, 0.15) is 17.3 Å². The van der Waals surface area contributed by atoms with Gasteiger partial charge in [0.2, 0.25) is 0 Å². The van der Waals surface area contributed by atoms with Crippen molar-refractivity contribution in [3.8, 4) is 11.5 Å². The molecule has 0 aromatic heterocycles. The van der Waals surface area contributed by atoms with E-state index >= 15 is 0 Å². The van der Waals surface area contributed by atoms with Crippen LogP contribution >= 0.6 is 0 Å². The lowest BCUT2D eigenvalue weighted by Crippen LogP contribution is -2.32. The van der Waals surface area contributed by atoms with E-state index < -0.39 is 17.7 Å². The number of hydrogen-bond acceptors (Lipinski definition) is 6. The maximum Gasteiger partial charge on any atom is 0.295 e. The minimum absolute atomic E-state index is 0.0157. The van der Waals surface area contributed by atoms with Crippen LogP contribution < -0.4 is 9.47 Å². The second-order valence-electron chi connectivity index (χ2n) is 8.81. The monoisotopic (exact) mass is 466 g/mol. The molecule has 1 fully saturated rings.